The minimum Gasteiger partial charge on any atom is -0.506 e. The summed E-state index contributed by atoms with van der Waals surface area (Å²) in [6.45, 7) is 0.373. The predicted molar refractivity (Wildman–Crippen MR) is 83.8 cm³/mol. The number of phenolic OH excluding ortho intramolecular Hbond substituents is 1. The van der Waals surface area contributed by atoms with Gasteiger partial charge in [0.1, 0.15) is 11.5 Å². The van der Waals surface area contributed by atoms with E-state index in [0.717, 1.165) is 10.2 Å². The molecular weight excluding hydrogens is 336 g/mol. The van der Waals surface area contributed by atoms with Crippen molar-refractivity contribution >= 4 is 33.2 Å². The minimum absolute atomic E-state index is 0.00992. The summed E-state index contributed by atoms with van der Waals surface area (Å²) < 4.78 is 6.44. The zero-order chi connectivity index (χ0) is 14.8. The molecule has 1 unspecified atom stereocenters. The van der Waals surface area contributed by atoms with Crippen LogP contribution in [-0.2, 0) is 4.79 Å². The molecule has 1 aliphatic heterocycles. The van der Waals surface area contributed by atoms with Crippen LogP contribution in [0, 0.1) is 0 Å². The Morgan fingerprint density at radius 3 is 3.00 bits per heavy atom. The Kier molecular flexibility index (Phi) is 3.70. The van der Waals surface area contributed by atoms with Gasteiger partial charge < -0.3 is 20.5 Å². The third kappa shape index (κ3) is 2.95. The number of fused-ring (bicyclic) bond motifs is 1. The summed E-state index contributed by atoms with van der Waals surface area (Å²) in [6.07, 6.45) is -0.654. The second-order valence-corrected chi connectivity index (χ2v) is 5.55. The first-order valence-electron chi connectivity index (χ1n) is 6.42. The summed E-state index contributed by atoms with van der Waals surface area (Å²) in [5.74, 6) is 0.337. The molecule has 0 aliphatic carbocycles. The molecule has 3 rings (SSSR count). The number of nitrogens with one attached hydrogen (secondary N) is 2. The van der Waals surface area contributed by atoms with Gasteiger partial charge in [-0.05, 0) is 30.3 Å². The molecule has 108 valence electrons. The first kappa shape index (κ1) is 13.8. The van der Waals surface area contributed by atoms with Crippen molar-refractivity contribution in [3.63, 3.8) is 0 Å². The Hall–Kier alpha value is -2.21. The Labute approximate surface area is 130 Å². The SMILES string of the molecule is O=C(Nc1cc(Br)ccc1O)C1CNc2ccccc2O1. The number of halogens is 1. The second kappa shape index (κ2) is 5.65. The third-order valence-electron chi connectivity index (χ3n) is 3.14. The van der Waals surface area contributed by atoms with E-state index in [0.29, 0.717) is 18.0 Å². The van der Waals surface area contributed by atoms with Gasteiger partial charge in [-0.1, -0.05) is 28.1 Å². The summed E-state index contributed by atoms with van der Waals surface area (Å²) in [4.78, 5) is 12.2. The smallest absolute Gasteiger partial charge is 0.267 e. The van der Waals surface area contributed by atoms with Gasteiger partial charge in [0.2, 0.25) is 0 Å². The number of benzene rings is 2. The van der Waals surface area contributed by atoms with E-state index in [4.69, 9.17) is 4.74 Å². The summed E-state index contributed by atoms with van der Waals surface area (Å²) in [5.41, 5.74) is 1.21. The van der Waals surface area contributed by atoms with Crippen LogP contribution in [0.2, 0.25) is 0 Å². The molecule has 1 aliphatic rings. The quantitative estimate of drug-likeness (QED) is 0.729. The Morgan fingerprint density at radius 1 is 1.33 bits per heavy atom. The first-order chi connectivity index (χ1) is 10.1. The van der Waals surface area contributed by atoms with Gasteiger partial charge in [0, 0.05) is 4.47 Å². The largest absolute Gasteiger partial charge is 0.506 e. The summed E-state index contributed by atoms with van der Waals surface area (Å²) in [6, 6.07) is 12.3. The molecule has 0 bridgehead atoms. The van der Waals surface area contributed by atoms with Crippen molar-refractivity contribution in [2.45, 2.75) is 6.10 Å². The van der Waals surface area contributed by atoms with Crippen LogP contribution in [0.5, 0.6) is 11.5 Å². The highest BCUT2D eigenvalue weighted by Gasteiger charge is 2.26. The fourth-order valence-corrected chi connectivity index (χ4v) is 2.44. The average molecular weight is 349 g/mol. The summed E-state index contributed by atoms with van der Waals surface area (Å²) in [5, 5.41) is 15.6. The number of carbonyl (C=O) groups is 1. The second-order valence-electron chi connectivity index (χ2n) is 4.63. The molecule has 0 radical (unpaired) electrons. The third-order valence-corrected chi connectivity index (χ3v) is 3.64. The van der Waals surface area contributed by atoms with E-state index < -0.39 is 6.10 Å². The van der Waals surface area contributed by atoms with Crippen molar-refractivity contribution in [2.75, 3.05) is 17.2 Å². The van der Waals surface area contributed by atoms with E-state index >= 15 is 0 Å². The molecule has 0 saturated carbocycles. The van der Waals surface area contributed by atoms with Crippen LogP contribution < -0.4 is 15.4 Å². The maximum atomic E-state index is 12.2. The maximum absolute atomic E-state index is 12.2. The molecule has 21 heavy (non-hydrogen) atoms. The normalized spacial score (nSPS) is 16.3. The van der Waals surface area contributed by atoms with E-state index in [1.807, 2.05) is 18.2 Å². The van der Waals surface area contributed by atoms with Crippen LogP contribution in [0.3, 0.4) is 0 Å². The van der Waals surface area contributed by atoms with Gasteiger partial charge >= 0.3 is 0 Å². The van der Waals surface area contributed by atoms with E-state index in [-0.39, 0.29) is 11.7 Å². The summed E-state index contributed by atoms with van der Waals surface area (Å²) in [7, 11) is 0. The number of amides is 1. The van der Waals surface area contributed by atoms with Gasteiger partial charge in [0.05, 0.1) is 17.9 Å². The fraction of sp³-hybridized carbons (Fsp3) is 0.133. The van der Waals surface area contributed by atoms with Crippen LogP contribution >= 0.6 is 15.9 Å². The molecule has 3 N–H and O–H groups in total. The van der Waals surface area contributed by atoms with Crippen LogP contribution in [0.25, 0.3) is 0 Å². The molecule has 1 atom stereocenters. The molecule has 1 heterocycles. The monoisotopic (exact) mass is 348 g/mol. The molecule has 6 heteroatoms. The van der Waals surface area contributed by atoms with E-state index in [1.165, 1.54) is 6.07 Å². The van der Waals surface area contributed by atoms with Crippen LogP contribution in [0.15, 0.2) is 46.9 Å². The lowest BCUT2D eigenvalue weighted by molar-refractivity contribution is -0.122. The van der Waals surface area contributed by atoms with Gasteiger partial charge in [0.15, 0.2) is 6.10 Å². The zero-order valence-corrected chi connectivity index (χ0v) is 12.6. The molecule has 2 aromatic rings. The van der Waals surface area contributed by atoms with Gasteiger partial charge in [-0.3, -0.25) is 4.79 Å². The maximum Gasteiger partial charge on any atom is 0.267 e. The van der Waals surface area contributed by atoms with Gasteiger partial charge in [-0.2, -0.15) is 0 Å². The summed E-state index contributed by atoms with van der Waals surface area (Å²) >= 11 is 3.30. The molecular formula is C15H13BrN2O3. The van der Waals surface area contributed by atoms with Gasteiger partial charge in [-0.15, -0.1) is 0 Å². The first-order valence-corrected chi connectivity index (χ1v) is 7.22. The Bertz CT molecular complexity index is 690. The fourth-order valence-electron chi connectivity index (χ4n) is 2.08. The average Bonchev–Trinajstić information content (AvgIpc) is 2.50. The standard InChI is InChI=1S/C15H13BrN2O3/c16-9-5-6-12(19)11(7-9)18-15(20)14-8-17-10-3-1-2-4-13(10)21-14/h1-7,14,17,19H,8H2,(H,18,20). The van der Waals surface area contributed by atoms with E-state index in [9.17, 15) is 9.90 Å². The predicted octanol–water partition coefficient (Wildman–Crippen LogP) is 2.97. The lowest BCUT2D eigenvalue weighted by Crippen LogP contribution is -2.41. The van der Waals surface area contributed by atoms with Gasteiger partial charge in [0.25, 0.3) is 5.91 Å². The minimum atomic E-state index is -0.654. The van der Waals surface area contributed by atoms with Crippen molar-refractivity contribution < 1.29 is 14.6 Å². The van der Waals surface area contributed by atoms with Crippen molar-refractivity contribution in [3.8, 4) is 11.5 Å². The number of phenols is 1. The van der Waals surface area contributed by atoms with Crippen molar-refractivity contribution in [3.05, 3.63) is 46.9 Å². The molecule has 2 aromatic carbocycles. The highest BCUT2D eigenvalue weighted by molar-refractivity contribution is 9.10. The molecule has 0 aromatic heterocycles. The number of anilines is 2. The number of rotatable bonds is 2. The van der Waals surface area contributed by atoms with Crippen molar-refractivity contribution in [2.24, 2.45) is 0 Å². The van der Waals surface area contributed by atoms with Crippen molar-refractivity contribution in [1.82, 2.24) is 0 Å². The number of para-hydroxylation sites is 2. The molecule has 0 saturated heterocycles. The number of aromatic hydroxyl groups is 1. The molecule has 5 nitrogen and oxygen atoms in total. The highest BCUT2D eigenvalue weighted by atomic mass is 79.9. The van der Waals surface area contributed by atoms with Crippen molar-refractivity contribution in [1.29, 1.82) is 0 Å². The topological polar surface area (TPSA) is 70.6 Å². The number of ether oxygens (including phenoxy) is 1. The Morgan fingerprint density at radius 2 is 2.14 bits per heavy atom. The van der Waals surface area contributed by atoms with Crippen LogP contribution in [0.4, 0.5) is 11.4 Å². The molecule has 0 spiro atoms. The van der Waals surface area contributed by atoms with E-state index in [1.54, 1.807) is 18.2 Å². The van der Waals surface area contributed by atoms with Crippen LogP contribution in [-0.4, -0.2) is 23.7 Å². The zero-order valence-electron chi connectivity index (χ0n) is 11.0. The molecule has 0 fully saturated rings. The van der Waals surface area contributed by atoms with E-state index in [2.05, 4.69) is 26.6 Å². The highest BCUT2D eigenvalue weighted by Crippen LogP contribution is 2.30. The van der Waals surface area contributed by atoms with Gasteiger partial charge in [-0.25, -0.2) is 0 Å². The Balaban J connectivity index is 1.74. The number of hydrogen-bond donors (Lipinski definition) is 3. The lowest BCUT2D eigenvalue weighted by Gasteiger charge is -2.26. The molecule has 1 amide bonds. The lowest BCUT2D eigenvalue weighted by atomic mass is 10.2. The van der Waals surface area contributed by atoms with Crippen LogP contribution in [0.1, 0.15) is 0 Å². The number of hydrogen-bond acceptors (Lipinski definition) is 4. The number of carbonyl (C=O) groups excluding carboxylic acids is 1.